The Balaban J connectivity index is 1.77. The van der Waals surface area contributed by atoms with Crippen LogP contribution in [0.2, 0.25) is 0 Å². The van der Waals surface area contributed by atoms with E-state index in [1.165, 1.54) is 42.9 Å². The van der Waals surface area contributed by atoms with Gasteiger partial charge in [0.1, 0.15) is 11.5 Å². The fourth-order valence-corrected chi connectivity index (χ4v) is 2.87. The van der Waals surface area contributed by atoms with Gasteiger partial charge in [0, 0.05) is 0 Å². The van der Waals surface area contributed by atoms with Crippen LogP contribution in [0, 0.1) is 0 Å². The number of hydrogen-bond acceptors (Lipinski definition) is 3. The van der Waals surface area contributed by atoms with Gasteiger partial charge >= 0.3 is 0 Å². The molecule has 138 valence electrons. The van der Waals surface area contributed by atoms with Gasteiger partial charge in [0.25, 0.3) is 0 Å². The molecule has 0 aliphatic carbocycles. The fraction of sp³-hybridized carbons (Fsp3) is 0.545. The smallest absolute Gasteiger partial charge is 0.119 e. The van der Waals surface area contributed by atoms with E-state index in [2.05, 4.69) is 48.6 Å². The molecule has 2 rings (SSSR count). The predicted molar refractivity (Wildman–Crippen MR) is 107 cm³/mol. The minimum Gasteiger partial charge on any atom is -0.494 e. The lowest BCUT2D eigenvalue weighted by atomic mass is 10.1. The molecule has 0 saturated carbocycles. The summed E-state index contributed by atoms with van der Waals surface area (Å²) in [5.74, 6) is 1.91. The van der Waals surface area contributed by atoms with Crippen LogP contribution in [-0.4, -0.2) is 26.8 Å². The minimum absolute atomic E-state index is 0.795. The highest BCUT2D eigenvalue weighted by molar-refractivity contribution is 5.85. The van der Waals surface area contributed by atoms with E-state index in [4.69, 9.17) is 9.47 Å². The van der Waals surface area contributed by atoms with Crippen LogP contribution in [0.25, 0.3) is 10.8 Å². The van der Waals surface area contributed by atoms with E-state index in [0.717, 1.165) is 44.1 Å². The third kappa shape index (κ3) is 7.35. The quantitative estimate of drug-likeness (QED) is 0.482. The van der Waals surface area contributed by atoms with Gasteiger partial charge in [-0.15, -0.1) is 0 Å². The molecule has 0 saturated heterocycles. The molecule has 2 aromatic carbocycles. The Kier molecular flexibility index (Phi) is 9.21. The molecule has 0 aromatic heterocycles. The highest BCUT2D eigenvalue weighted by Gasteiger charge is 2.01. The molecule has 0 amide bonds. The Morgan fingerprint density at radius 3 is 1.84 bits per heavy atom. The summed E-state index contributed by atoms with van der Waals surface area (Å²) < 4.78 is 11.7. The van der Waals surface area contributed by atoms with Crippen molar-refractivity contribution in [3.05, 3.63) is 36.4 Å². The average Bonchev–Trinajstić information content (AvgIpc) is 2.64. The lowest BCUT2D eigenvalue weighted by Crippen LogP contribution is -2.07. The van der Waals surface area contributed by atoms with Gasteiger partial charge < -0.3 is 14.8 Å². The van der Waals surface area contributed by atoms with Gasteiger partial charge in [-0.25, -0.2) is 0 Å². The second-order valence-corrected chi connectivity index (χ2v) is 6.59. The normalized spacial score (nSPS) is 11.0. The number of nitrogens with one attached hydrogen (secondary N) is 1. The van der Waals surface area contributed by atoms with Crippen LogP contribution in [0.4, 0.5) is 0 Å². The summed E-state index contributed by atoms with van der Waals surface area (Å²) in [7, 11) is 2.00. The number of unbranched alkanes of at least 4 members (excludes halogenated alkanes) is 5. The van der Waals surface area contributed by atoms with Crippen molar-refractivity contribution >= 4 is 10.8 Å². The van der Waals surface area contributed by atoms with Gasteiger partial charge in [-0.2, -0.15) is 0 Å². The summed E-state index contributed by atoms with van der Waals surface area (Å²) in [6.45, 7) is 4.91. The van der Waals surface area contributed by atoms with Crippen molar-refractivity contribution in [1.82, 2.24) is 5.32 Å². The van der Waals surface area contributed by atoms with Gasteiger partial charge in [-0.05, 0) is 67.9 Å². The highest BCUT2D eigenvalue weighted by Crippen LogP contribution is 2.25. The summed E-state index contributed by atoms with van der Waals surface area (Å²) in [5, 5.41) is 5.58. The monoisotopic (exact) mass is 343 g/mol. The topological polar surface area (TPSA) is 30.5 Å². The van der Waals surface area contributed by atoms with E-state index in [1.54, 1.807) is 0 Å². The van der Waals surface area contributed by atoms with Gasteiger partial charge in [-0.3, -0.25) is 0 Å². The average molecular weight is 344 g/mol. The van der Waals surface area contributed by atoms with Crippen LogP contribution in [-0.2, 0) is 0 Å². The molecule has 0 heterocycles. The van der Waals surface area contributed by atoms with Crippen LogP contribution < -0.4 is 14.8 Å². The fourth-order valence-electron chi connectivity index (χ4n) is 2.87. The first-order valence-electron chi connectivity index (χ1n) is 9.77. The van der Waals surface area contributed by atoms with Crippen molar-refractivity contribution in [1.29, 1.82) is 0 Å². The molecule has 0 fully saturated rings. The van der Waals surface area contributed by atoms with Crippen molar-refractivity contribution in [3.63, 3.8) is 0 Å². The van der Waals surface area contributed by atoms with Crippen molar-refractivity contribution in [2.75, 3.05) is 26.8 Å². The molecule has 0 spiro atoms. The van der Waals surface area contributed by atoms with E-state index in [9.17, 15) is 0 Å². The number of ether oxygens (including phenoxy) is 2. The van der Waals surface area contributed by atoms with Gasteiger partial charge in [0.2, 0.25) is 0 Å². The molecule has 3 nitrogen and oxygen atoms in total. The van der Waals surface area contributed by atoms with Crippen LogP contribution in [0.1, 0.15) is 51.9 Å². The zero-order chi connectivity index (χ0) is 17.7. The summed E-state index contributed by atoms with van der Waals surface area (Å²) in [4.78, 5) is 0. The first kappa shape index (κ1) is 19.6. The van der Waals surface area contributed by atoms with Crippen LogP contribution in [0.15, 0.2) is 36.4 Å². The number of hydrogen-bond donors (Lipinski definition) is 1. The first-order valence-corrected chi connectivity index (χ1v) is 9.77. The summed E-state index contributed by atoms with van der Waals surface area (Å²) >= 11 is 0. The maximum Gasteiger partial charge on any atom is 0.119 e. The van der Waals surface area contributed by atoms with Gasteiger partial charge in [-0.1, -0.05) is 44.7 Å². The largest absolute Gasteiger partial charge is 0.494 e. The standard InChI is InChI=1S/C22H33NO2/c1-3-4-8-15-24-21-12-10-20-18-22(13-11-19(20)17-21)25-16-9-6-5-7-14-23-2/h10-13,17-18,23H,3-9,14-16H2,1-2H3. The van der Waals surface area contributed by atoms with E-state index < -0.39 is 0 Å². The van der Waals surface area contributed by atoms with Crippen molar-refractivity contribution in [3.8, 4) is 11.5 Å². The molecule has 2 aromatic rings. The molecule has 1 N–H and O–H groups in total. The Morgan fingerprint density at radius 1 is 0.720 bits per heavy atom. The van der Waals surface area contributed by atoms with Crippen molar-refractivity contribution in [2.24, 2.45) is 0 Å². The number of fused-ring (bicyclic) bond motifs is 1. The zero-order valence-corrected chi connectivity index (χ0v) is 15.9. The van der Waals surface area contributed by atoms with Gasteiger partial charge in [0.15, 0.2) is 0 Å². The third-order valence-electron chi connectivity index (χ3n) is 4.39. The maximum atomic E-state index is 5.90. The van der Waals surface area contributed by atoms with Crippen molar-refractivity contribution in [2.45, 2.75) is 51.9 Å². The van der Waals surface area contributed by atoms with Crippen LogP contribution in [0.3, 0.4) is 0 Å². The Bertz CT molecular complexity index is 612. The van der Waals surface area contributed by atoms with E-state index in [0.29, 0.717) is 0 Å². The zero-order valence-electron chi connectivity index (χ0n) is 15.9. The molecular weight excluding hydrogens is 310 g/mol. The van der Waals surface area contributed by atoms with E-state index >= 15 is 0 Å². The molecule has 0 radical (unpaired) electrons. The molecule has 0 aliphatic rings. The minimum atomic E-state index is 0.795. The predicted octanol–water partition coefficient (Wildman–Crippen LogP) is 5.57. The molecule has 0 atom stereocenters. The SMILES string of the molecule is CCCCCOc1ccc2cc(OCCCCCCNC)ccc2c1. The molecule has 0 aliphatic heterocycles. The Hall–Kier alpha value is -1.74. The van der Waals surface area contributed by atoms with Crippen molar-refractivity contribution < 1.29 is 9.47 Å². The lowest BCUT2D eigenvalue weighted by Gasteiger charge is -2.09. The molecule has 3 heteroatoms. The molecular formula is C22H33NO2. The second-order valence-electron chi connectivity index (χ2n) is 6.59. The van der Waals surface area contributed by atoms with Crippen LogP contribution >= 0.6 is 0 Å². The molecule has 0 bridgehead atoms. The summed E-state index contributed by atoms with van der Waals surface area (Å²) in [5.41, 5.74) is 0. The Labute approximate surface area is 152 Å². The highest BCUT2D eigenvalue weighted by atomic mass is 16.5. The summed E-state index contributed by atoms with van der Waals surface area (Å²) in [6, 6.07) is 12.6. The van der Waals surface area contributed by atoms with E-state index in [1.807, 2.05) is 7.05 Å². The lowest BCUT2D eigenvalue weighted by molar-refractivity contribution is 0.304. The molecule has 0 unspecified atom stereocenters. The van der Waals surface area contributed by atoms with Crippen LogP contribution in [0.5, 0.6) is 11.5 Å². The van der Waals surface area contributed by atoms with E-state index in [-0.39, 0.29) is 0 Å². The molecule has 25 heavy (non-hydrogen) atoms. The third-order valence-corrected chi connectivity index (χ3v) is 4.39. The second kappa shape index (κ2) is 11.8. The van der Waals surface area contributed by atoms with Gasteiger partial charge in [0.05, 0.1) is 13.2 Å². The maximum absolute atomic E-state index is 5.90. The Morgan fingerprint density at radius 2 is 1.28 bits per heavy atom. The number of rotatable bonds is 13. The summed E-state index contributed by atoms with van der Waals surface area (Å²) in [6.07, 6.45) is 8.43. The number of benzene rings is 2. The first-order chi connectivity index (χ1) is 12.3.